The molecule has 0 saturated heterocycles. The van der Waals surface area contributed by atoms with Gasteiger partial charge < -0.3 is 30.3 Å². The van der Waals surface area contributed by atoms with Gasteiger partial charge in [-0.3, -0.25) is 4.79 Å². The summed E-state index contributed by atoms with van der Waals surface area (Å²) in [5, 5.41) is 9.51. The molecule has 30 heavy (non-hydrogen) atoms. The third-order valence-corrected chi connectivity index (χ3v) is 4.55. The summed E-state index contributed by atoms with van der Waals surface area (Å²) in [7, 11) is 3.40. The van der Waals surface area contributed by atoms with Crippen LogP contribution >= 0.6 is 0 Å². The molecule has 0 aromatic rings. The van der Waals surface area contributed by atoms with Crippen LogP contribution in [0.25, 0.3) is 0 Å². The Kier molecular flexibility index (Phi) is 13.1. The topological polar surface area (TPSA) is 104 Å². The highest BCUT2D eigenvalue weighted by Gasteiger charge is 2.30. The van der Waals surface area contributed by atoms with Crippen molar-refractivity contribution < 1.29 is 19.1 Å². The molecule has 0 bridgehead atoms. The van der Waals surface area contributed by atoms with E-state index in [1.807, 2.05) is 41.5 Å². The van der Waals surface area contributed by atoms with E-state index in [1.54, 1.807) is 14.1 Å². The summed E-state index contributed by atoms with van der Waals surface area (Å²) in [4.78, 5) is 30.1. The highest BCUT2D eigenvalue weighted by molar-refractivity contribution is 5.84. The number of likely N-dealkylation sites (N-methyl/N-ethyl adjacent to an activating group) is 1. The van der Waals surface area contributed by atoms with Gasteiger partial charge in [0.15, 0.2) is 5.96 Å². The minimum Gasteiger partial charge on any atom is -0.444 e. The van der Waals surface area contributed by atoms with Crippen LogP contribution in [-0.4, -0.2) is 80.9 Å². The quantitative estimate of drug-likeness (QED) is 0.249. The van der Waals surface area contributed by atoms with Crippen molar-refractivity contribution in [2.24, 2.45) is 4.99 Å². The van der Waals surface area contributed by atoms with E-state index in [4.69, 9.17) is 9.47 Å². The Morgan fingerprint density at radius 1 is 1.03 bits per heavy atom. The second-order valence-corrected chi connectivity index (χ2v) is 8.40. The number of nitrogens with zero attached hydrogens (tertiary/aromatic N) is 2. The largest absolute Gasteiger partial charge is 0.444 e. The summed E-state index contributed by atoms with van der Waals surface area (Å²) in [5.74, 6) is 0.438. The Morgan fingerprint density at radius 2 is 1.67 bits per heavy atom. The lowest BCUT2D eigenvalue weighted by Crippen LogP contribution is -2.57. The van der Waals surface area contributed by atoms with Crippen molar-refractivity contribution in [3.8, 4) is 0 Å². The van der Waals surface area contributed by atoms with Crippen LogP contribution < -0.4 is 16.0 Å². The molecule has 2 amide bonds. The van der Waals surface area contributed by atoms with Crippen LogP contribution in [0.1, 0.15) is 60.8 Å². The molecule has 0 radical (unpaired) electrons. The molecule has 0 saturated carbocycles. The van der Waals surface area contributed by atoms with Crippen LogP contribution in [0.15, 0.2) is 4.99 Å². The number of amides is 2. The maximum absolute atomic E-state index is 12.3. The van der Waals surface area contributed by atoms with Gasteiger partial charge in [-0.15, -0.1) is 0 Å². The predicted molar refractivity (Wildman–Crippen MR) is 121 cm³/mol. The Morgan fingerprint density at radius 3 is 2.17 bits per heavy atom. The van der Waals surface area contributed by atoms with E-state index in [1.165, 1.54) is 4.90 Å². The first-order valence-corrected chi connectivity index (χ1v) is 10.8. The van der Waals surface area contributed by atoms with Gasteiger partial charge in [0.25, 0.3) is 0 Å². The summed E-state index contributed by atoms with van der Waals surface area (Å²) in [6.45, 7) is 14.0. The fraction of sp³-hybridized carbons (Fsp3) is 0.857. The standard InChI is InChI=1S/C21H43N5O4/c1-9-21(10-2,25-19(28)30-20(4,5)6)16-24-18(22-13-12-14-29-11-3)23-15-17(27)26(7)8/h9-16H2,1-8H3,(H,25,28)(H2,22,23,24). The van der Waals surface area contributed by atoms with Crippen LogP contribution in [0.4, 0.5) is 4.79 Å². The molecule has 0 aliphatic rings. The van der Waals surface area contributed by atoms with E-state index in [-0.39, 0.29) is 12.5 Å². The molecule has 0 rings (SSSR count). The third kappa shape index (κ3) is 12.5. The Hall–Kier alpha value is -2.03. The van der Waals surface area contributed by atoms with Crippen molar-refractivity contribution >= 4 is 18.0 Å². The Labute approximate surface area is 182 Å². The number of guanidine groups is 1. The lowest BCUT2D eigenvalue weighted by atomic mass is 9.93. The maximum Gasteiger partial charge on any atom is 0.408 e. The fourth-order valence-electron chi connectivity index (χ4n) is 2.48. The summed E-state index contributed by atoms with van der Waals surface area (Å²) in [6, 6.07) is 0. The predicted octanol–water partition coefficient (Wildman–Crippen LogP) is 2.12. The van der Waals surface area contributed by atoms with Crippen LogP contribution in [0, 0.1) is 0 Å². The molecule has 3 N–H and O–H groups in total. The van der Waals surface area contributed by atoms with Crippen molar-refractivity contribution in [2.45, 2.75) is 71.9 Å². The van der Waals surface area contributed by atoms with Gasteiger partial charge in [0.1, 0.15) is 12.1 Å². The Bertz CT molecular complexity index is 540. The molecule has 0 aromatic carbocycles. The number of carbonyl (C=O) groups is 2. The summed E-state index contributed by atoms with van der Waals surface area (Å²) in [6.07, 6.45) is 1.80. The molecule has 0 aliphatic heterocycles. The van der Waals surface area contributed by atoms with Gasteiger partial charge in [0.2, 0.25) is 5.91 Å². The number of nitrogens with one attached hydrogen (secondary N) is 3. The number of hydrogen-bond acceptors (Lipinski definition) is 5. The van der Waals surface area contributed by atoms with Gasteiger partial charge in [-0.05, 0) is 47.0 Å². The number of rotatable bonds is 12. The first kappa shape index (κ1) is 28.0. The monoisotopic (exact) mass is 429 g/mol. The smallest absolute Gasteiger partial charge is 0.408 e. The highest BCUT2D eigenvalue weighted by Crippen LogP contribution is 2.16. The minimum atomic E-state index is -0.563. The zero-order valence-corrected chi connectivity index (χ0v) is 20.2. The molecule has 0 spiro atoms. The van der Waals surface area contributed by atoms with Crippen molar-refractivity contribution in [3.05, 3.63) is 0 Å². The first-order chi connectivity index (χ1) is 14.0. The lowest BCUT2D eigenvalue weighted by molar-refractivity contribution is -0.127. The van der Waals surface area contributed by atoms with Crippen molar-refractivity contribution in [2.75, 3.05) is 46.9 Å². The summed E-state index contributed by atoms with van der Waals surface area (Å²) >= 11 is 0. The summed E-state index contributed by atoms with van der Waals surface area (Å²) in [5.41, 5.74) is -1.06. The van der Waals surface area contributed by atoms with E-state index >= 15 is 0 Å². The van der Waals surface area contributed by atoms with Crippen molar-refractivity contribution in [1.82, 2.24) is 20.9 Å². The molecule has 0 aliphatic carbocycles. The minimum absolute atomic E-state index is 0.0402. The zero-order valence-electron chi connectivity index (χ0n) is 20.2. The van der Waals surface area contributed by atoms with Gasteiger partial charge in [0.05, 0.1) is 5.54 Å². The molecule has 0 unspecified atom stereocenters. The van der Waals surface area contributed by atoms with Gasteiger partial charge in [0, 0.05) is 40.4 Å². The van der Waals surface area contributed by atoms with Gasteiger partial charge in [-0.2, -0.15) is 0 Å². The second-order valence-electron chi connectivity index (χ2n) is 8.40. The number of carbonyl (C=O) groups excluding carboxylic acids is 2. The molecule has 9 heteroatoms. The van der Waals surface area contributed by atoms with E-state index in [9.17, 15) is 9.59 Å². The molecule has 176 valence electrons. The second kappa shape index (κ2) is 14.1. The van der Waals surface area contributed by atoms with Gasteiger partial charge in [-0.1, -0.05) is 13.8 Å². The molecular weight excluding hydrogens is 386 g/mol. The number of hydrogen-bond donors (Lipinski definition) is 3. The zero-order chi connectivity index (χ0) is 23.2. The van der Waals surface area contributed by atoms with E-state index < -0.39 is 17.2 Å². The molecule has 9 nitrogen and oxygen atoms in total. The van der Waals surface area contributed by atoms with Crippen molar-refractivity contribution in [1.29, 1.82) is 0 Å². The molecule has 0 fully saturated rings. The van der Waals surface area contributed by atoms with Crippen LogP contribution in [0.2, 0.25) is 0 Å². The van der Waals surface area contributed by atoms with Gasteiger partial charge >= 0.3 is 6.09 Å². The van der Waals surface area contributed by atoms with E-state index in [0.717, 1.165) is 6.42 Å². The molecule has 0 heterocycles. The SMILES string of the molecule is CCOCCCNC(=NCC(=O)N(C)C)NCC(CC)(CC)NC(=O)OC(C)(C)C. The fourth-order valence-corrected chi connectivity index (χ4v) is 2.48. The number of aliphatic imine (C=N–C) groups is 1. The van der Waals surface area contributed by atoms with Crippen LogP contribution in [-0.2, 0) is 14.3 Å². The van der Waals surface area contributed by atoms with E-state index in [2.05, 4.69) is 20.9 Å². The third-order valence-electron chi connectivity index (χ3n) is 4.55. The molecule has 0 aromatic heterocycles. The van der Waals surface area contributed by atoms with Crippen molar-refractivity contribution in [3.63, 3.8) is 0 Å². The van der Waals surface area contributed by atoms with Crippen LogP contribution in [0.5, 0.6) is 0 Å². The summed E-state index contributed by atoms with van der Waals surface area (Å²) < 4.78 is 10.8. The maximum atomic E-state index is 12.3. The first-order valence-electron chi connectivity index (χ1n) is 10.8. The Balaban J connectivity index is 5.09. The lowest BCUT2D eigenvalue weighted by Gasteiger charge is -2.34. The highest BCUT2D eigenvalue weighted by atomic mass is 16.6. The number of alkyl carbamates (subject to hydrolysis) is 1. The average Bonchev–Trinajstić information content (AvgIpc) is 2.66. The van der Waals surface area contributed by atoms with Gasteiger partial charge in [-0.25, -0.2) is 9.79 Å². The normalized spacial score (nSPS) is 12.3. The van der Waals surface area contributed by atoms with Crippen LogP contribution in [0.3, 0.4) is 0 Å². The van der Waals surface area contributed by atoms with E-state index in [0.29, 0.717) is 45.1 Å². The number of ether oxygens (including phenoxy) is 2. The molecule has 0 atom stereocenters. The molecular formula is C21H43N5O4. The average molecular weight is 430 g/mol.